The third kappa shape index (κ3) is 6.31. The lowest BCUT2D eigenvalue weighted by Gasteiger charge is -2.30. The number of ether oxygens (including phenoxy) is 3. The van der Waals surface area contributed by atoms with E-state index in [1.54, 1.807) is 13.8 Å². The van der Waals surface area contributed by atoms with Crippen molar-refractivity contribution in [3.63, 3.8) is 0 Å². The number of carbonyl (C=O) groups excluding carboxylic acids is 2. The molecule has 2 N–H and O–H groups in total. The molecule has 182 valence electrons. The molecule has 0 fully saturated rings. The summed E-state index contributed by atoms with van der Waals surface area (Å²) < 4.78 is 17.3. The van der Waals surface area contributed by atoms with Crippen LogP contribution in [0.1, 0.15) is 64.1 Å². The highest BCUT2D eigenvalue weighted by molar-refractivity contribution is 6.04. The molecule has 2 aromatic rings. The van der Waals surface area contributed by atoms with Gasteiger partial charge in [-0.1, -0.05) is 56.2 Å². The van der Waals surface area contributed by atoms with E-state index in [0.717, 1.165) is 24.8 Å². The predicted molar refractivity (Wildman–Crippen MR) is 132 cm³/mol. The number of amides is 2. The Kier molecular flexibility index (Phi) is 8.96. The van der Waals surface area contributed by atoms with E-state index in [4.69, 9.17) is 14.2 Å². The topological polar surface area (TPSA) is 85.9 Å². The quantitative estimate of drug-likeness (QED) is 0.343. The maximum absolute atomic E-state index is 13.2. The standard InChI is InChI=1S/C27H34N2O5/c1-5-7-11-16-33-21-15-14-20(17-22(21)32-6-2)25-23(26(30)34-18(3)4)24(28-27(31)29-25)19-12-9-8-10-13-19/h8-10,12-15,17-18,25H,5-7,11,16H2,1-4H3,(H2,28,29,31). The molecule has 0 spiro atoms. The number of rotatable bonds is 11. The second-order valence-electron chi connectivity index (χ2n) is 8.33. The van der Waals surface area contributed by atoms with Crippen molar-refractivity contribution in [2.75, 3.05) is 13.2 Å². The maximum Gasteiger partial charge on any atom is 0.338 e. The van der Waals surface area contributed by atoms with Crippen molar-refractivity contribution in [3.8, 4) is 11.5 Å². The van der Waals surface area contributed by atoms with E-state index < -0.39 is 18.0 Å². The minimum absolute atomic E-state index is 0.312. The summed E-state index contributed by atoms with van der Waals surface area (Å²) in [4.78, 5) is 25.9. The highest BCUT2D eigenvalue weighted by Gasteiger charge is 2.35. The molecule has 1 atom stereocenters. The van der Waals surface area contributed by atoms with Crippen LogP contribution in [-0.2, 0) is 9.53 Å². The Morgan fingerprint density at radius 1 is 1.00 bits per heavy atom. The Morgan fingerprint density at radius 3 is 2.44 bits per heavy atom. The van der Waals surface area contributed by atoms with E-state index in [-0.39, 0.29) is 6.10 Å². The molecule has 34 heavy (non-hydrogen) atoms. The zero-order valence-electron chi connectivity index (χ0n) is 20.4. The largest absolute Gasteiger partial charge is 0.490 e. The van der Waals surface area contributed by atoms with Gasteiger partial charge in [0.1, 0.15) is 0 Å². The van der Waals surface area contributed by atoms with Gasteiger partial charge in [0.25, 0.3) is 0 Å². The van der Waals surface area contributed by atoms with Crippen LogP contribution in [0, 0.1) is 0 Å². The van der Waals surface area contributed by atoms with Gasteiger partial charge in [0.2, 0.25) is 0 Å². The maximum atomic E-state index is 13.2. The van der Waals surface area contributed by atoms with Gasteiger partial charge in [-0.25, -0.2) is 9.59 Å². The third-order valence-electron chi connectivity index (χ3n) is 5.30. The summed E-state index contributed by atoms with van der Waals surface area (Å²) in [5, 5.41) is 5.68. The van der Waals surface area contributed by atoms with Crippen LogP contribution in [0.25, 0.3) is 5.70 Å². The van der Waals surface area contributed by atoms with Gasteiger partial charge in [-0.15, -0.1) is 0 Å². The molecule has 1 heterocycles. The highest BCUT2D eigenvalue weighted by atomic mass is 16.5. The number of urea groups is 1. The van der Waals surface area contributed by atoms with E-state index in [1.807, 2.05) is 55.5 Å². The first-order valence-electron chi connectivity index (χ1n) is 11.9. The lowest BCUT2D eigenvalue weighted by atomic mass is 9.92. The van der Waals surface area contributed by atoms with Crippen LogP contribution in [0.3, 0.4) is 0 Å². The fourth-order valence-corrected chi connectivity index (χ4v) is 3.77. The van der Waals surface area contributed by atoms with Crippen LogP contribution in [0.5, 0.6) is 11.5 Å². The van der Waals surface area contributed by atoms with E-state index in [1.165, 1.54) is 0 Å². The van der Waals surface area contributed by atoms with Gasteiger partial charge < -0.3 is 24.8 Å². The summed E-state index contributed by atoms with van der Waals surface area (Å²) in [6.07, 6.45) is 2.86. The number of esters is 1. The average molecular weight is 467 g/mol. The molecule has 0 saturated heterocycles. The van der Waals surface area contributed by atoms with Gasteiger partial charge in [0.15, 0.2) is 11.5 Å². The van der Waals surface area contributed by atoms with E-state index in [0.29, 0.717) is 41.5 Å². The Balaban J connectivity index is 2.05. The Bertz CT molecular complexity index is 1020. The van der Waals surface area contributed by atoms with Gasteiger partial charge in [-0.05, 0) is 50.5 Å². The molecule has 0 aliphatic carbocycles. The third-order valence-corrected chi connectivity index (χ3v) is 5.30. The molecule has 3 rings (SSSR count). The normalized spacial score (nSPS) is 15.6. The zero-order valence-corrected chi connectivity index (χ0v) is 20.4. The fraction of sp³-hybridized carbons (Fsp3) is 0.407. The molecular weight excluding hydrogens is 432 g/mol. The molecule has 7 heteroatoms. The summed E-state index contributed by atoms with van der Waals surface area (Å²) in [7, 11) is 0. The summed E-state index contributed by atoms with van der Waals surface area (Å²) in [6, 6.07) is 13.7. The van der Waals surface area contributed by atoms with Crippen LogP contribution in [-0.4, -0.2) is 31.3 Å². The number of nitrogens with one attached hydrogen (secondary N) is 2. The van der Waals surface area contributed by atoms with Crippen molar-refractivity contribution in [1.29, 1.82) is 0 Å². The van der Waals surface area contributed by atoms with Crippen molar-refractivity contribution in [2.45, 2.75) is 59.1 Å². The minimum Gasteiger partial charge on any atom is -0.490 e. The number of benzene rings is 2. The van der Waals surface area contributed by atoms with E-state index >= 15 is 0 Å². The molecule has 0 bridgehead atoms. The molecule has 1 unspecified atom stereocenters. The zero-order chi connectivity index (χ0) is 24.5. The van der Waals surface area contributed by atoms with Crippen LogP contribution in [0.4, 0.5) is 4.79 Å². The first-order chi connectivity index (χ1) is 16.4. The van der Waals surface area contributed by atoms with Gasteiger partial charge in [0.05, 0.1) is 36.6 Å². The monoisotopic (exact) mass is 466 g/mol. The first-order valence-corrected chi connectivity index (χ1v) is 11.9. The van der Waals surface area contributed by atoms with Crippen molar-refractivity contribution in [1.82, 2.24) is 10.6 Å². The second kappa shape index (κ2) is 12.1. The van der Waals surface area contributed by atoms with Crippen LogP contribution < -0.4 is 20.1 Å². The smallest absolute Gasteiger partial charge is 0.338 e. The van der Waals surface area contributed by atoms with Crippen molar-refractivity contribution < 1.29 is 23.8 Å². The molecular formula is C27H34N2O5. The SMILES string of the molecule is CCCCCOc1ccc(C2NC(=O)NC(c3ccccc3)=C2C(=O)OC(C)C)cc1OCC. The molecule has 0 aromatic heterocycles. The lowest BCUT2D eigenvalue weighted by molar-refractivity contribution is -0.143. The average Bonchev–Trinajstić information content (AvgIpc) is 2.82. The minimum atomic E-state index is -0.719. The predicted octanol–water partition coefficient (Wildman–Crippen LogP) is 5.37. The van der Waals surface area contributed by atoms with Crippen LogP contribution in [0.15, 0.2) is 54.1 Å². The van der Waals surface area contributed by atoms with Gasteiger partial charge >= 0.3 is 12.0 Å². The summed E-state index contributed by atoms with van der Waals surface area (Å²) in [6.45, 7) is 8.69. The molecule has 1 aliphatic heterocycles. The molecule has 0 saturated carbocycles. The van der Waals surface area contributed by atoms with Crippen LogP contribution >= 0.6 is 0 Å². The Hall–Kier alpha value is -3.48. The van der Waals surface area contributed by atoms with Crippen molar-refractivity contribution in [3.05, 3.63) is 65.2 Å². The first kappa shape index (κ1) is 25.1. The number of hydrogen-bond acceptors (Lipinski definition) is 5. The Labute approximate surface area is 201 Å². The van der Waals surface area contributed by atoms with E-state index in [2.05, 4.69) is 17.6 Å². The van der Waals surface area contributed by atoms with Gasteiger partial charge in [-0.2, -0.15) is 0 Å². The molecule has 2 aromatic carbocycles. The number of carbonyl (C=O) groups is 2. The molecule has 1 aliphatic rings. The molecule has 0 radical (unpaired) electrons. The van der Waals surface area contributed by atoms with Crippen molar-refractivity contribution in [2.24, 2.45) is 0 Å². The summed E-state index contributed by atoms with van der Waals surface area (Å²) >= 11 is 0. The second-order valence-corrected chi connectivity index (χ2v) is 8.33. The van der Waals surface area contributed by atoms with Crippen LogP contribution in [0.2, 0.25) is 0 Å². The molecule has 7 nitrogen and oxygen atoms in total. The summed E-state index contributed by atoms with van der Waals surface area (Å²) in [5.74, 6) is 0.715. The van der Waals surface area contributed by atoms with Gasteiger partial charge in [-0.3, -0.25) is 0 Å². The molecule has 2 amide bonds. The van der Waals surface area contributed by atoms with Crippen molar-refractivity contribution >= 4 is 17.7 Å². The number of unbranched alkanes of at least 4 members (excludes halogenated alkanes) is 2. The fourth-order valence-electron chi connectivity index (χ4n) is 3.77. The van der Waals surface area contributed by atoms with Gasteiger partial charge in [0, 0.05) is 0 Å². The number of hydrogen-bond donors (Lipinski definition) is 2. The Morgan fingerprint density at radius 2 is 1.76 bits per heavy atom. The highest BCUT2D eigenvalue weighted by Crippen LogP contribution is 2.37. The summed E-state index contributed by atoms with van der Waals surface area (Å²) in [5.41, 5.74) is 2.18. The lowest BCUT2D eigenvalue weighted by Crippen LogP contribution is -2.45. The van der Waals surface area contributed by atoms with E-state index in [9.17, 15) is 9.59 Å².